The molecule has 1 heterocycles. The summed E-state index contributed by atoms with van der Waals surface area (Å²) in [6, 6.07) is 0.280. The van der Waals surface area contributed by atoms with Gasteiger partial charge in [-0.15, -0.1) is 0 Å². The Bertz CT molecular complexity index is 297. The van der Waals surface area contributed by atoms with Crippen molar-refractivity contribution in [3.8, 4) is 0 Å². The maximum absolute atomic E-state index is 11.9. The fourth-order valence-electron chi connectivity index (χ4n) is 2.80. The number of aliphatic hydroxyl groups is 1. The zero-order valence-corrected chi connectivity index (χ0v) is 10.3. The summed E-state index contributed by atoms with van der Waals surface area (Å²) in [7, 11) is 0. The number of carbonyl (C=O) groups is 1. The normalized spacial score (nSPS) is 33.2. The maximum atomic E-state index is 11.9. The van der Waals surface area contributed by atoms with Crippen LogP contribution in [0.15, 0.2) is 0 Å². The van der Waals surface area contributed by atoms with Gasteiger partial charge in [0.2, 0.25) is 0 Å². The summed E-state index contributed by atoms with van der Waals surface area (Å²) < 4.78 is 5.37. The molecule has 2 bridgehead atoms. The van der Waals surface area contributed by atoms with Gasteiger partial charge >= 0.3 is 6.09 Å². The van der Waals surface area contributed by atoms with Crippen molar-refractivity contribution in [3.63, 3.8) is 0 Å². The molecular weight excluding hydrogens is 206 g/mol. The highest BCUT2D eigenvalue weighted by Crippen LogP contribution is 2.47. The molecule has 2 atom stereocenters. The number of aliphatic hydroxyl groups excluding tert-OH is 1. The molecule has 4 heteroatoms. The zero-order valence-electron chi connectivity index (χ0n) is 10.3. The molecule has 1 amide bonds. The number of carbonyl (C=O) groups excluding carboxylic acids is 1. The highest BCUT2D eigenvalue weighted by molar-refractivity contribution is 5.69. The van der Waals surface area contributed by atoms with Crippen LogP contribution < -0.4 is 0 Å². The summed E-state index contributed by atoms with van der Waals surface area (Å²) in [6.07, 6.45) is 2.74. The van der Waals surface area contributed by atoms with E-state index in [1.807, 2.05) is 20.8 Å². The first-order valence-corrected chi connectivity index (χ1v) is 5.96. The highest BCUT2D eigenvalue weighted by Gasteiger charge is 2.51. The van der Waals surface area contributed by atoms with Crippen LogP contribution in [0.2, 0.25) is 0 Å². The fourth-order valence-corrected chi connectivity index (χ4v) is 2.80. The number of amides is 1. The molecule has 1 saturated heterocycles. The molecule has 92 valence electrons. The molecule has 0 aromatic rings. The first-order valence-electron chi connectivity index (χ1n) is 5.96. The SMILES string of the molecule is CC(C)(C)OC(=O)N1C[C@@]2(CO)CC[C@@H]1C2. The topological polar surface area (TPSA) is 49.8 Å². The lowest BCUT2D eigenvalue weighted by Crippen LogP contribution is -2.43. The fraction of sp³-hybridized carbons (Fsp3) is 0.917. The number of piperidine rings is 1. The van der Waals surface area contributed by atoms with Gasteiger partial charge in [-0.1, -0.05) is 0 Å². The Balaban J connectivity index is 2.01. The molecule has 0 radical (unpaired) electrons. The number of ether oxygens (including phenoxy) is 1. The monoisotopic (exact) mass is 227 g/mol. The van der Waals surface area contributed by atoms with Crippen LogP contribution in [-0.4, -0.2) is 40.9 Å². The Morgan fingerprint density at radius 1 is 1.56 bits per heavy atom. The van der Waals surface area contributed by atoms with Gasteiger partial charge in [0, 0.05) is 18.0 Å². The van der Waals surface area contributed by atoms with Crippen molar-refractivity contribution >= 4 is 6.09 Å². The Kier molecular flexibility index (Phi) is 2.65. The van der Waals surface area contributed by atoms with Crippen LogP contribution in [0.4, 0.5) is 4.79 Å². The van der Waals surface area contributed by atoms with Gasteiger partial charge in [0.25, 0.3) is 0 Å². The van der Waals surface area contributed by atoms with Crippen LogP contribution in [0.25, 0.3) is 0 Å². The van der Waals surface area contributed by atoms with Crippen molar-refractivity contribution in [2.24, 2.45) is 5.41 Å². The molecule has 16 heavy (non-hydrogen) atoms. The maximum Gasteiger partial charge on any atom is 0.410 e. The third kappa shape index (κ3) is 2.03. The Morgan fingerprint density at radius 3 is 2.75 bits per heavy atom. The number of likely N-dealkylation sites (tertiary alicyclic amines) is 1. The minimum absolute atomic E-state index is 0.0401. The van der Waals surface area contributed by atoms with Gasteiger partial charge in [-0.25, -0.2) is 4.79 Å². The van der Waals surface area contributed by atoms with E-state index in [-0.39, 0.29) is 24.2 Å². The van der Waals surface area contributed by atoms with Gasteiger partial charge in [0.15, 0.2) is 0 Å². The minimum Gasteiger partial charge on any atom is -0.444 e. The summed E-state index contributed by atoms with van der Waals surface area (Å²) in [5.41, 5.74) is -0.479. The van der Waals surface area contributed by atoms with E-state index in [9.17, 15) is 9.90 Å². The lowest BCUT2D eigenvalue weighted by molar-refractivity contribution is 0.0127. The van der Waals surface area contributed by atoms with Crippen LogP contribution in [0.1, 0.15) is 40.0 Å². The van der Waals surface area contributed by atoms with Crippen LogP contribution >= 0.6 is 0 Å². The van der Waals surface area contributed by atoms with E-state index in [4.69, 9.17) is 4.74 Å². The summed E-state index contributed by atoms with van der Waals surface area (Å²) in [6.45, 7) is 6.47. The molecule has 2 fully saturated rings. The van der Waals surface area contributed by atoms with Crippen LogP contribution in [0, 0.1) is 5.41 Å². The molecule has 4 nitrogen and oxygen atoms in total. The van der Waals surface area contributed by atoms with E-state index < -0.39 is 5.60 Å². The van der Waals surface area contributed by atoms with Gasteiger partial charge in [0.05, 0.1) is 6.61 Å². The molecule has 0 spiro atoms. The van der Waals surface area contributed by atoms with Crippen molar-refractivity contribution in [2.45, 2.75) is 51.7 Å². The van der Waals surface area contributed by atoms with Crippen molar-refractivity contribution in [1.82, 2.24) is 4.90 Å². The molecule has 2 aliphatic rings. The average molecular weight is 227 g/mol. The van der Waals surface area contributed by atoms with Crippen LogP contribution in [0.3, 0.4) is 0 Å². The molecule has 0 aromatic heterocycles. The standard InChI is InChI=1S/C12H21NO3/c1-11(2,3)16-10(15)13-7-12(8-14)5-4-9(13)6-12/h9,14H,4-8H2,1-3H3/t9-,12-/m1/s1. The largest absolute Gasteiger partial charge is 0.444 e. The van der Waals surface area contributed by atoms with Gasteiger partial charge in [0.1, 0.15) is 5.60 Å². The van der Waals surface area contributed by atoms with E-state index in [1.54, 1.807) is 4.90 Å². The van der Waals surface area contributed by atoms with E-state index in [0.29, 0.717) is 6.54 Å². The second-order valence-electron chi connectivity index (χ2n) is 6.16. The Morgan fingerprint density at radius 2 is 2.25 bits per heavy atom. The summed E-state index contributed by atoms with van der Waals surface area (Å²) >= 11 is 0. The second kappa shape index (κ2) is 3.62. The molecule has 0 unspecified atom stereocenters. The lowest BCUT2D eigenvalue weighted by atomic mass is 9.89. The van der Waals surface area contributed by atoms with Crippen LogP contribution in [0.5, 0.6) is 0 Å². The van der Waals surface area contributed by atoms with E-state index >= 15 is 0 Å². The van der Waals surface area contributed by atoms with Gasteiger partial charge in [-0.2, -0.15) is 0 Å². The van der Waals surface area contributed by atoms with Gasteiger partial charge in [-0.3, -0.25) is 0 Å². The van der Waals surface area contributed by atoms with Crippen molar-refractivity contribution < 1.29 is 14.6 Å². The predicted octanol–water partition coefficient (Wildman–Crippen LogP) is 1.77. The first kappa shape index (κ1) is 11.7. The third-order valence-electron chi connectivity index (χ3n) is 3.59. The van der Waals surface area contributed by atoms with Crippen molar-refractivity contribution in [1.29, 1.82) is 0 Å². The summed E-state index contributed by atoms with van der Waals surface area (Å²) in [4.78, 5) is 13.7. The smallest absolute Gasteiger partial charge is 0.410 e. The number of rotatable bonds is 1. The third-order valence-corrected chi connectivity index (χ3v) is 3.59. The predicted molar refractivity (Wildman–Crippen MR) is 60.1 cm³/mol. The second-order valence-corrected chi connectivity index (χ2v) is 6.16. The number of fused-ring (bicyclic) bond motifs is 2. The van der Waals surface area contributed by atoms with Crippen molar-refractivity contribution in [3.05, 3.63) is 0 Å². The number of nitrogens with zero attached hydrogens (tertiary/aromatic N) is 1. The van der Waals surface area contributed by atoms with E-state index in [1.165, 1.54) is 0 Å². The van der Waals surface area contributed by atoms with Crippen LogP contribution in [-0.2, 0) is 4.74 Å². The van der Waals surface area contributed by atoms with Gasteiger partial charge in [-0.05, 0) is 40.0 Å². The highest BCUT2D eigenvalue weighted by atomic mass is 16.6. The molecule has 1 aliphatic heterocycles. The molecule has 0 aromatic carbocycles. The van der Waals surface area contributed by atoms with Gasteiger partial charge < -0.3 is 14.7 Å². The molecule has 2 rings (SSSR count). The molecule has 1 N–H and O–H groups in total. The van der Waals surface area contributed by atoms with E-state index in [0.717, 1.165) is 19.3 Å². The minimum atomic E-state index is -0.439. The zero-order chi connectivity index (χ0) is 12.0. The first-order chi connectivity index (χ1) is 7.35. The summed E-state index contributed by atoms with van der Waals surface area (Å²) in [5.74, 6) is 0. The van der Waals surface area contributed by atoms with Crippen molar-refractivity contribution in [2.75, 3.05) is 13.2 Å². The molecular formula is C12H21NO3. The number of hydrogen-bond donors (Lipinski definition) is 1. The Labute approximate surface area is 96.6 Å². The lowest BCUT2D eigenvalue weighted by Gasteiger charge is -2.33. The number of hydrogen-bond acceptors (Lipinski definition) is 3. The molecule has 1 aliphatic carbocycles. The molecule has 1 saturated carbocycles. The Hall–Kier alpha value is -0.770. The summed E-state index contributed by atoms with van der Waals surface area (Å²) in [5, 5.41) is 9.40. The average Bonchev–Trinajstić information content (AvgIpc) is 2.72. The quantitative estimate of drug-likeness (QED) is 0.742. The van der Waals surface area contributed by atoms with E-state index in [2.05, 4.69) is 0 Å².